The zero-order valence-electron chi connectivity index (χ0n) is 21.0. The van der Waals surface area contributed by atoms with Gasteiger partial charge in [-0.15, -0.1) is 0 Å². The van der Waals surface area contributed by atoms with Crippen molar-refractivity contribution in [1.29, 1.82) is 0 Å². The molecule has 2 aromatic carbocycles. The number of hydrogen-bond donors (Lipinski definition) is 1. The lowest BCUT2D eigenvalue weighted by Gasteiger charge is -2.45. The topological polar surface area (TPSA) is 35.6 Å². The highest BCUT2D eigenvalue weighted by atomic mass is 19.4. The highest BCUT2D eigenvalue weighted by Crippen LogP contribution is 2.51. The predicted molar refractivity (Wildman–Crippen MR) is 131 cm³/mol. The van der Waals surface area contributed by atoms with E-state index in [2.05, 4.69) is 5.32 Å². The van der Waals surface area contributed by atoms with E-state index in [4.69, 9.17) is 0 Å². The maximum Gasteiger partial charge on any atom is 0.426 e. The third kappa shape index (κ3) is 4.49. The fourth-order valence-electron chi connectivity index (χ4n) is 6.51. The summed E-state index contributed by atoms with van der Waals surface area (Å²) in [4.78, 5) is 17.4. The number of hydrogen-bond acceptors (Lipinski definition) is 2. The van der Waals surface area contributed by atoms with Crippen molar-refractivity contribution in [3.63, 3.8) is 0 Å². The van der Waals surface area contributed by atoms with Crippen molar-refractivity contribution < 1.29 is 26.7 Å². The lowest BCUT2D eigenvalue weighted by atomic mass is 9.63. The summed E-state index contributed by atoms with van der Waals surface area (Å²) < 4.78 is 68.8. The maximum atomic E-state index is 14.8. The van der Waals surface area contributed by atoms with E-state index in [1.54, 1.807) is 18.2 Å². The number of likely N-dealkylation sites (tertiary alicyclic amines) is 1. The molecule has 2 amide bonds. The lowest BCUT2D eigenvalue weighted by molar-refractivity contribution is -0.228. The number of halogens is 5. The molecule has 2 saturated heterocycles. The second kappa shape index (κ2) is 9.26. The van der Waals surface area contributed by atoms with Gasteiger partial charge in [-0.3, -0.25) is 0 Å². The van der Waals surface area contributed by atoms with E-state index < -0.39 is 22.8 Å². The number of piperazine rings is 1. The standard InChI is InChI=1S/C28H32F5N3O/c1-18-17-35(14-12-34-18)25(37)36-13-11-27(16-19-3-7-22(29)8-4-19)23-9-6-21(26(2,30)28(31,32)33)15-20(23)5-10-24(27)36/h3-4,6-9,15,18,24,34H,5,10-14,16-17H2,1-2H3/t18-,24+,26?,27+/m0/s1. The smallest absolute Gasteiger partial charge is 0.322 e. The molecule has 3 aliphatic rings. The zero-order chi connectivity index (χ0) is 26.6. The van der Waals surface area contributed by atoms with Crippen molar-refractivity contribution in [1.82, 2.24) is 15.1 Å². The van der Waals surface area contributed by atoms with Gasteiger partial charge in [0, 0.05) is 43.7 Å². The van der Waals surface area contributed by atoms with Crippen LogP contribution in [0, 0.1) is 5.82 Å². The van der Waals surface area contributed by atoms with Crippen LogP contribution in [0.2, 0.25) is 0 Å². The van der Waals surface area contributed by atoms with Gasteiger partial charge in [0.15, 0.2) is 0 Å². The molecule has 0 aromatic heterocycles. The van der Waals surface area contributed by atoms with E-state index in [0.717, 1.165) is 17.7 Å². The molecule has 5 rings (SSSR count). The molecule has 9 heteroatoms. The second-order valence-electron chi connectivity index (χ2n) is 10.9. The largest absolute Gasteiger partial charge is 0.426 e. The van der Waals surface area contributed by atoms with Crippen LogP contribution in [0.5, 0.6) is 0 Å². The zero-order valence-corrected chi connectivity index (χ0v) is 21.0. The minimum absolute atomic E-state index is 0.0205. The molecule has 2 aromatic rings. The van der Waals surface area contributed by atoms with Crippen LogP contribution in [0.3, 0.4) is 0 Å². The maximum absolute atomic E-state index is 14.8. The van der Waals surface area contributed by atoms with Crippen LogP contribution in [-0.4, -0.2) is 60.3 Å². The molecule has 200 valence electrons. The van der Waals surface area contributed by atoms with Gasteiger partial charge in [-0.25, -0.2) is 13.6 Å². The molecule has 0 saturated carbocycles. The van der Waals surface area contributed by atoms with Gasteiger partial charge in [0.2, 0.25) is 5.67 Å². The van der Waals surface area contributed by atoms with Gasteiger partial charge >= 0.3 is 12.2 Å². The summed E-state index contributed by atoms with van der Waals surface area (Å²) >= 11 is 0. The minimum Gasteiger partial charge on any atom is -0.322 e. The molecule has 4 atom stereocenters. The summed E-state index contributed by atoms with van der Waals surface area (Å²) in [6.07, 6.45) is -2.87. The monoisotopic (exact) mass is 521 g/mol. The molecule has 2 fully saturated rings. The fraction of sp³-hybridized carbons (Fsp3) is 0.536. The summed E-state index contributed by atoms with van der Waals surface area (Å²) in [5.74, 6) is -0.350. The number of alkyl halides is 4. The van der Waals surface area contributed by atoms with E-state index >= 15 is 0 Å². The molecule has 1 N–H and O–H groups in total. The summed E-state index contributed by atoms with van der Waals surface area (Å²) in [5, 5.41) is 3.35. The molecule has 0 radical (unpaired) electrons. The normalized spacial score (nSPS) is 27.4. The van der Waals surface area contributed by atoms with Crippen molar-refractivity contribution in [2.75, 3.05) is 26.2 Å². The Kier molecular flexibility index (Phi) is 6.49. The Labute approximate surface area is 213 Å². The quantitative estimate of drug-likeness (QED) is 0.543. The third-order valence-electron chi connectivity index (χ3n) is 8.53. The molecule has 1 aliphatic carbocycles. The number of nitrogens with one attached hydrogen (secondary N) is 1. The molecular formula is C28H32F5N3O. The number of rotatable bonds is 3. The third-order valence-corrected chi connectivity index (χ3v) is 8.53. The number of carbonyl (C=O) groups excluding carboxylic acids is 1. The molecule has 0 spiro atoms. The van der Waals surface area contributed by atoms with Crippen LogP contribution < -0.4 is 5.32 Å². The van der Waals surface area contributed by atoms with E-state index in [1.807, 2.05) is 16.7 Å². The van der Waals surface area contributed by atoms with Gasteiger partial charge in [-0.2, -0.15) is 13.2 Å². The van der Waals surface area contributed by atoms with Crippen molar-refractivity contribution in [2.24, 2.45) is 0 Å². The number of amides is 2. The Morgan fingerprint density at radius 1 is 1.11 bits per heavy atom. The minimum atomic E-state index is -5.03. The Morgan fingerprint density at radius 2 is 1.84 bits per heavy atom. The van der Waals surface area contributed by atoms with Crippen molar-refractivity contribution in [3.05, 3.63) is 70.5 Å². The van der Waals surface area contributed by atoms with Gasteiger partial charge in [-0.1, -0.05) is 30.3 Å². The van der Waals surface area contributed by atoms with Crippen molar-refractivity contribution in [3.8, 4) is 0 Å². The van der Waals surface area contributed by atoms with Gasteiger partial charge < -0.3 is 15.1 Å². The van der Waals surface area contributed by atoms with Crippen LogP contribution >= 0.6 is 0 Å². The predicted octanol–water partition coefficient (Wildman–Crippen LogP) is 5.49. The van der Waals surface area contributed by atoms with Crippen LogP contribution in [-0.2, 0) is 23.9 Å². The average Bonchev–Trinajstić information content (AvgIpc) is 3.23. The Morgan fingerprint density at radius 3 is 2.51 bits per heavy atom. The molecule has 4 nitrogen and oxygen atoms in total. The Hall–Kier alpha value is -2.68. The van der Waals surface area contributed by atoms with Gasteiger partial charge in [0.1, 0.15) is 5.82 Å². The second-order valence-corrected chi connectivity index (χ2v) is 10.9. The molecule has 37 heavy (non-hydrogen) atoms. The number of nitrogens with zero attached hydrogens (tertiary/aromatic N) is 2. The summed E-state index contributed by atoms with van der Waals surface area (Å²) in [6.45, 7) is 5.06. The lowest BCUT2D eigenvalue weighted by Crippen LogP contribution is -2.57. The van der Waals surface area contributed by atoms with Crippen molar-refractivity contribution in [2.45, 2.75) is 68.9 Å². The van der Waals surface area contributed by atoms with Crippen LogP contribution in [0.15, 0.2) is 42.5 Å². The number of benzene rings is 2. The molecule has 2 heterocycles. The van der Waals surface area contributed by atoms with E-state index in [9.17, 15) is 26.7 Å². The van der Waals surface area contributed by atoms with Gasteiger partial charge in [0.25, 0.3) is 0 Å². The first-order valence-electron chi connectivity index (χ1n) is 12.9. The van der Waals surface area contributed by atoms with Crippen LogP contribution in [0.25, 0.3) is 0 Å². The highest BCUT2D eigenvalue weighted by molar-refractivity contribution is 5.76. The first-order valence-corrected chi connectivity index (χ1v) is 12.9. The average molecular weight is 522 g/mol. The highest BCUT2D eigenvalue weighted by Gasteiger charge is 2.56. The molecular weight excluding hydrogens is 489 g/mol. The summed E-state index contributed by atoms with van der Waals surface area (Å²) in [7, 11) is 0. The van der Waals surface area contributed by atoms with Gasteiger partial charge in [-0.05, 0) is 73.9 Å². The number of aryl methyl sites for hydroxylation is 1. The summed E-state index contributed by atoms with van der Waals surface area (Å²) in [6, 6.07) is 10.5. The van der Waals surface area contributed by atoms with E-state index in [1.165, 1.54) is 24.3 Å². The number of carbonyl (C=O) groups is 1. The first kappa shape index (κ1) is 25.9. The number of fused-ring (bicyclic) bond motifs is 3. The van der Waals surface area contributed by atoms with Crippen LogP contribution in [0.4, 0.5) is 26.7 Å². The number of urea groups is 1. The van der Waals surface area contributed by atoms with E-state index in [0.29, 0.717) is 57.8 Å². The summed E-state index contributed by atoms with van der Waals surface area (Å²) in [5.41, 5.74) is -1.98. The molecule has 0 bridgehead atoms. The van der Waals surface area contributed by atoms with E-state index in [-0.39, 0.29) is 23.9 Å². The fourth-order valence-corrected chi connectivity index (χ4v) is 6.51. The molecule has 1 unspecified atom stereocenters. The van der Waals surface area contributed by atoms with Crippen molar-refractivity contribution >= 4 is 6.03 Å². The Bertz CT molecular complexity index is 1170. The Balaban J connectivity index is 1.54. The SMILES string of the molecule is C[C@H]1CN(C(=O)N2CC[C@@]3(Cc4ccc(F)cc4)c4ccc(C(C)(F)C(F)(F)F)cc4CC[C@@H]23)CCN1. The first-order chi connectivity index (χ1) is 17.4. The molecule has 2 aliphatic heterocycles. The van der Waals surface area contributed by atoms with Crippen LogP contribution in [0.1, 0.15) is 48.9 Å². The van der Waals surface area contributed by atoms with Gasteiger partial charge in [0.05, 0.1) is 0 Å².